The first-order valence-corrected chi connectivity index (χ1v) is 9.52. The van der Waals surface area contributed by atoms with Crippen molar-refractivity contribution < 1.29 is 14.3 Å². The number of benzene rings is 2. The Morgan fingerprint density at radius 3 is 2.63 bits per heavy atom. The first-order valence-electron chi connectivity index (χ1n) is 8.70. The molecule has 7 heteroatoms. The van der Waals surface area contributed by atoms with Crippen LogP contribution in [0.2, 0.25) is 0 Å². The van der Waals surface area contributed by atoms with Gasteiger partial charge in [0.1, 0.15) is 17.1 Å². The summed E-state index contributed by atoms with van der Waals surface area (Å²) < 4.78 is 6.93. The quantitative estimate of drug-likeness (QED) is 0.708. The third-order valence-corrected chi connectivity index (χ3v) is 5.60. The van der Waals surface area contributed by atoms with Gasteiger partial charge in [-0.2, -0.15) is 5.10 Å². The van der Waals surface area contributed by atoms with Crippen molar-refractivity contribution >= 4 is 33.8 Å². The van der Waals surface area contributed by atoms with Gasteiger partial charge in [-0.25, -0.2) is 0 Å². The fourth-order valence-electron chi connectivity index (χ4n) is 3.10. The van der Waals surface area contributed by atoms with Gasteiger partial charge in [0, 0.05) is 11.6 Å². The molecule has 27 heavy (non-hydrogen) atoms. The Hall–Kier alpha value is -2.80. The number of hydrogen-bond donors (Lipinski definition) is 1. The maximum atomic E-state index is 11.9. The second-order valence-corrected chi connectivity index (χ2v) is 8.17. The van der Waals surface area contributed by atoms with Crippen molar-refractivity contribution in [1.29, 1.82) is 0 Å². The normalized spacial score (nSPS) is 19.4. The summed E-state index contributed by atoms with van der Waals surface area (Å²) in [6.07, 6.45) is 2.50. The predicted octanol–water partition coefficient (Wildman–Crippen LogP) is 3.40. The van der Waals surface area contributed by atoms with Crippen molar-refractivity contribution in [1.82, 2.24) is 15.1 Å². The lowest BCUT2D eigenvalue weighted by Gasteiger charge is -2.18. The Morgan fingerprint density at radius 1 is 1.15 bits per heavy atom. The van der Waals surface area contributed by atoms with Crippen LogP contribution in [0, 0.1) is 0 Å². The van der Waals surface area contributed by atoms with E-state index in [1.54, 1.807) is 6.92 Å². The number of ether oxygens (including phenoxy) is 1. The van der Waals surface area contributed by atoms with E-state index in [9.17, 15) is 9.59 Å². The number of rotatable bonds is 6. The van der Waals surface area contributed by atoms with E-state index in [0.717, 1.165) is 34.0 Å². The third kappa shape index (κ3) is 3.83. The number of carbonyl (C=O) groups excluding carboxylic acids is 2. The summed E-state index contributed by atoms with van der Waals surface area (Å²) in [4.78, 5) is 23.3. The molecule has 6 nitrogen and oxygen atoms in total. The zero-order valence-corrected chi connectivity index (χ0v) is 15.7. The Bertz CT molecular complexity index is 966. The van der Waals surface area contributed by atoms with Crippen LogP contribution in [0.1, 0.15) is 12.5 Å². The van der Waals surface area contributed by atoms with Gasteiger partial charge in [-0.1, -0.05) is 30.3 Å². The second-order valence-electron chi connectivity index (χ2n) is 6.69. The van der Waals surface area contributed by atoms with Gasteiger partial charge in [0.15, 0.2) is 0 Å². The smallest absolute Gasteiger partial charge is 0.286 e. The minimum Gasteiger partial charge on any atom is -0.492 e. The lowest BCUT2D eigenvalue weighted by atomic mass is 9.99. The Kier molecular flexibility index (Phi) is 4.61. The minimum absolute atomic E-state index is 0.232. The van der Waals surface area contributed by atoms with Crippen LogP contribution >= 0.6 is 11.8 Å². The van der Waals surface area contributed by atoms with E-state index in [-0.39, 0.29) is 11.1 Å². The fourth-order valence-corrected chi connectivity index (χ4v) is 4.03. The molecule has 1 unspecified atom stereocenters. The van der Waals surface area contributed by atoms with Crippen LogP contribution in [0.15, 0.2) is 54.7 Å². The molecule has 1 atom stereocenters. The highest BCUT2D eigenvalue weighted by atomic mass is 32.2. The van der Waals surface area contributed by atoms with E-state index in [1.807, 2.05) is 59.4 Å². The van der Waals surface area contributed by atoms with Crippen molar-refractivity contribution in [3.05, 3.63) is 60.3 Å². The molecule has 3 aromatic rings. The molecule has 0 aliphatic carbocycles. The molecule has 2 heterocycles. The number of fused-ring (bicyclic) bond motifs is 1. The topological polar surface area (TPSA) is 73.2 Å². The molecule has 1 fully saturated rings. The summed E-state index contributed by atoms with van der Waals surface area (Å²) >= 11 is 1.05. The molecule has 0 bridgehead atoms. The summed E-state index contributed by atoms with van der Waals surface area (Å²) in [5, 5.41) is 7.68. The first-order chi connectivity index (χ1) is 13.0. The lowest BCUT2D eigenvalue weighted by Crippen LogP contribution is -2.35. The van der Waals surface area contributed by atoms with E-state index >= 15 is 0 Å². The van der Waals surface area contributed by atoms with Crippen LogP contribution in [0.4, 0.5) is 4.79 Å². The number of imide groups is 1. The average molecular weight is 381 g/mol. The maximum Gasteiger partial charge on any atom is 0.286 e. The van der Waals surface area contributed by atoms with Gasteiger partial charge in [0.05, 0.1) is 12.1 Å². The summed E-state index contributed by atoms with van der Waals surface area (Å²) in [5.41, 5.74) is 1.96. The predicted molar refractivity (Wildman–Crippen MR) is 105 cm³/mol. The van der Waals surface area contributed by atoms with Crippen LogP contribution in [0.3, 0.4) is 0 Å². The molecule has 2 aromatic carbocycles. The number of hydrogen-bond acceptors (Lipinski definition) is 5. The third-order valence-electron chi connectivity index (χ3n) is 4.53. The number of thioether (sulfide) groups is 1. The van der Waals surface area contributed by atoms with Gasteiger partial charge in [-0.05, 0) is 48.9 Å². The molecule has 1 saturated heterocycles. The molecule has 4 rings (SSSR count). The molecular formula is C20H19N3O3S. The van der Waals surface area contributed by atoms with E-state index in [4.69, 9.17) is 4.74 Å². The van der Waals surface area contributed by atoms with Crippen molar-refractivity contribution in [2.45, 2.75) is 24.6 Å². The molecule has 2 amide bonds. The van der Waals surface area contributed by atoms with Crippen molar-refractivity contribution in [2.75, 3.05) is 6.61 Å². The molecule has 1 aliphatic heterocycles. The maximum absolute atomic E-state index is 11.9. The second kappa shape index (κ2) is 7.08. The van der Waals surface area contributed by atoms with Crippen molar-refractivity contribution in [3.63, 3.8) is 0 Å². The van der Waals surface area contributed by atoms with Crippen molar-refractivity contribution in [3.8, 4) is 5.75 Å². The Balaban J connectivity index is 1.32. The van der Waals surface area contributed by atoms with Gasteiger partial charge in [-0.15, -0.1) is 0 Å². The number of amides is 2. The van der Waals surface area contributed by atoms with Crippen LogP contribution < -0.4 is 10.1 Å². The summed E-state index contributed by atoms with van der Waals surface area (Å²) in [5.74, 6) is 0.532. The molecule has 0 spiro atoms. The highest BCUT2D eigenvalue weighted by molar-refractivity contribution is 8.16. The number of aromatic nitrogens is 2. The van der Waals surface area contributed by atoms with Crippen LogP contribution in [-0.4, -0.2) is 32.3 Å². The van der Waals surface area contributed by atoms with Gasteiger partial charge in [0.25, 0.3) is 5.24 Å². The van der Waals surface area contributed by atoms with Crippen LogP contribution in [0.5, 0.6) is 5.75 Å². The zero-order valence-electron chi connectivity index (χ0n) is 14.8. The minimum atomic E-state index is -0.748. The summed E-state index contributed by atoms with van der Waals surface area (Å²) in [6, 6.07) is 15.6. The number of nitrogens with one attached hydrogen (secondary N) is 1. The van der Waals surface area contributed by atoms with E-state index in [1.165, 1.54) is 0 Å². The standard InChI is InChI=1S/C20H19N3O3S/c1-20(18(24)21-19(25)27-20)12-14-6-8-16(9-7-14)26-11-10-23-13-15-4-2-3-5-17(15)22-23/h2-9,13H,10-12H2,1H3,(H,21,24,25). The van der Waals surface area contributed by atoms with Gasteiger partial charge < -0.3 is 4.74 Å². The Labute approximate surface area is 160 Å². The van der Waals surface area contributed by atoms with E-state index in [0.29, 0.717) is 19.6 Å². The molecule has 1 aliphatic rings. The number of carbonyl (C=O) groups is 2. The monoisotopic (exact) mass is 381 g/mol. The molecule has 1 aromatic heterocycles. The zero-order chi connectivity index (χ0) is 18.9. The van der Waals surface area contributed by atoms with Gasteiger partial charge >= 0.3 is 0 Å². The Morgan fingerprint density at radius 2 is 1.93 bits per heavy atom. The van der Waals surface area contributed by atoms with Crippen LogP contribution in [0.25, 0.3) is 10.9 Å². The van der Waals surface area contributed by atoms with Crippen LogP contribution in [-0.2, 0) is 17.8 Å². The first kappa shape index (κ1) is 17.6. The van der Waals surface area contributed by atoms with Gasteiger partial charge in [-0.3, -0.25) is 19.6 Å². The molecule has 138 valence electrons. The number of nitrogens with zero attached hydrogens (tertiary/aromatic N) is 2. The lowest BCUT2D eigenvalue weighted by molar-refractivity contribution is -0.121. The van der Waals surface area contributed by atoms with E-state index < -0.39 is 4.75 Å². The SMILES string of the molecule is CC1(Cc2ccc(OCCn3cc4ccccc4n3)cc2)SC(=O)NC1=O. The average Bonchev–Trinajstić information content (AvgIpc) is 3.16. The van der Waals surface area contributed by atoms with Gasteiger partial charge in [0.2, 0.25) is 5.91 Å². The molecule has 0 saturated carbocycles. The van der Waals surface area contributed by atoms with Crippen molar-refractivity contribution in [2.24, 2.45) is 0 Å². The fraction of sp³-hybridized carbons (Fsp3) is 0.250. The summed E-state index contributed by atoms with van der Waals surface area (Å²) in [6.45, 7) is 2.96. The molecule has 0 radical (unpaired) electrons. The molecule has 1 N–H and O–H groups in total. The highest BCUT2D eigenvalue weighted by Crippen LogP contribution is 2.34. The highest BCUT2D eigenvalue weighted by Gasteiger charge is 2.43. The van der Waals surface area contributed by atoms with E-state index in [2.05, 4.69) is 10.4 Å². The largest absolute Gasteiger partial charge is 0.492 e. The summed E-state index contributed by atoms with van der Waals surface area (Å²) in [7, 11) is 0. The molecular weight excluding hydrogens is 362 g/mol.